The van der Waals surface area contributed by atoms with Crippen molar-refractivity contribution in [3.8, 4) is 0 Å². The Labute approximate surface area is 82.8 Å². The molecule has 0 amide bonds. The van der Waals surface area contributed by atoms with E-state index in [0.717, 1.165) is 5.46 Å². The van der Waals surface area contributed by atoms with E-state index in [1.54, 1.807) is 0 Å². The van der Waals surface area contributed by atoms with Crippen LogP contribution in [0.5, 0.6) is 0 Å². The third kappa shape index (κ3) is 1.06. The monoisotopic (exact) mass is 183 g/mol. The fourth-order valence-corrected chi connectivity index (χ4v) is 1.96. The highest BCUT2D eigenvalue weighted by Crippen LogP contribution is 2.18. The number of hydrogen-bond acceptors (Lipinski definition) is 2. The summed E-state index contributed by atoms with van der Waals surface area (Å²) in [6.45, 7) is 0.640. The van der Waals surface area contributed by atoms with Crippen LogP contribution in [0.15, 0.2) is 36.4 Å². The third-order valence-electron chi connectivity index (χ3n) is 2.73. The van der Waals surface area contributed by atoms with E-state index in [1.165, 1.54) is 16.3 Å². The molecule has 2 N–H and O–H groups in total. The maximum atomic E-state index is 5.82. The molecule has 0 saturated heterocycles. The maximum absolute atomic E-state index is 5.82. The zero-order valence-corrected chi connectivity index (χ0v) is 7.73. The highest BCUT2D eigenvalue weighted by atomic mass is 16.4. The van der Waals surface area contributed by atoms with Gasteiger partial charge in [-0.2, -0.15) is 0 Å². The Morgan fingerprint density at radius 3 is 2.64 bits per heavy atom. The molecule has 0 spiro atoms. The van der Waals surface area contributed by atoms with Gasteiger partial charge in [-0.05, 0) is 27.9 Å². The first-order chi connectivity index (χ1) is 6.84. The molecule has 2 aromatic rings. The Morgan fingerprint density at radius 1 is 1.14 bits per heavy atom. The van der Waals surface area contributed by atoms with Crippen molar-refractivity contribution in [2.75, 3.05) is 0 Å². The van der Waals surface area contributed by atoms with Gasteiger partial charge in [0, 0.05) is 0 Å². The van der Waals surface area contributed by atoms with Crippen LogP contribution in [0.2, 0.25) is 0 Å². The molecule has 0 unspecified atom stereocenters. The first-order valence-electron chi connectivity index (χ1n) is 4.73. The molecular formula is C11H10BNO. The fraction of sp³-hybridized carbons (Fsp3) is 0.0909. The topological polar surface area (TPSA) is 35.2 Å². The highest BCUT2D eigenvalue weighted by molar-refractivity contribution is 6.66. The van der Waals surface area contributed by atoms with Crippen LogP contribution in [0, 0.1) is 0 Å². The minimum absolute atomic E-state index is 0.241. The second-order valence-corrected chi connectivity index (χ2v) is 3.63. The molecule has 0 saturated carbocycles. The molecule has 0 aromatic heterocycles. The van der Waals surface area contributed by atoms with Gasteiger partial charge in [0.05, 0.1) is 6.61 Å². The average molecular weight is 183 g/mol. The van der Waals surface area contributed by atoms with E-state index in [9.17, 15) is 0 Å². The van der Waals surface area contributed by atoms with Gasteiger partial charge in [0.2, 0.25) is 0 Å². The van der Waals surface area contributed by atoms with Gasteiger partial charge < -0.3 is 10.3 Å². The second-order valence-electron chi connectivity index (χ2n) is 3.63. The van der Waals surface area contributed by atoms with Crippen LogP contribution >= 0.6 is 0 Å². The molecule has 3 rings (SSSR count). The first-order valence-corrected chi connectivity index (χ1v) is 4.73. The molecule has 14 heavy (non-hydrogen) atoms. The van der Waals surface area contributed by atoms with Gasteiger partial charge in [-0.25, -0.2) is 0 Å². The van der Waals surface area contributed by atoms with Crippen molar-refractivity contribution >= 4 is 23.3 Å². The molecule has 0 fully saturated rings. The van der Waals surface area contributed by atoms with Crippen molar-refractivity contribution in [2.45, 2.75) is 6.61 Å². The molecule has 0 atom stereocenters. The van der Waals surface area contributed by atoms with E-state index < -0.39 is 0 Å². The van der Waals surface area contributed by atoms with E-state index >= 15 is 0 Å². The maximum Gasteiger partial charge on any atom is 0.413 e. The van der Waals surface area contributed by atoms with Crippen LogP contribution in [-0.2, 0) is 11.3 Å². The summed E-state index contributed by atoms with van der Waals surface area (Å²) in [6.07, 6.45) is 0. The lowest BCUT2D eigenvalue weighted by atomic mass is 9.75. The minimum Gasteiger partial charge on any atom is -0.414 e. The SMILES string of the molecule is NB1OCc2cc3ccccc3cc21. The summed E-state index contributed by atoms with van der Waals surface area (Å²) in [5.41, 5.74) is 8.16. The zero-order chi connectivity index (χ0) is 9.54. The minimum atomic E-state index is -0.241. The molecule has 0 radical (unpaired) electrons. The summed E-state index contributed by atoms with van der Waals surface area (Å²) in [7, 11) is -0.241. The number of fused-ring (bicyclic) bond motifs is 2. The quantitative estimate of drug-likeness (QED) is 0.619. The first kappa shape index (κ1) is 8.03. The lowest BCUT2D eigenvalue weighted by Gasteiger charge is -2.02. The molecule has 1 aliphatic heterocycles. The van der Waals surface area contributed by atoms with E-state index in [4.69, 9.17) is 10.3 Å². The Balaban J connectivity index is 2.33. The Bertz CT molecular complexity index is 498. The van der Waals surface area contributed by atoms with Crippen molar-refractivity contribution in [3.63, 3.8) is 0 Å². The van der Waals surface area contributed by atoms with E-state index in [0.29, 0.717) is 6.61 Å². The summed E-state index contributed by atoms with van der Waals surface area (Å²) in [5.74, 6) is 0. The Morgan fingerprint density at radius 2 is 1.86 bits per heavy atom. The second kappa shape index (κ2) is 2.84. The molecule has 0 aliphatic carbocycles. The van der Waals surface area contributed by atoms with Gasteiger partial charge in [0.15, 0.2) is 0 Å². The Kier molecular flexibility index (Phi) is 1.63. The summed E-state index contributed by atoms with van der Waals surface area (Å²) >= 11 is 0. The predicted molar refractivity (Wildman–Crippen MR) is 58.3 cm³/mol. The van der Waals surface area contributed by atoms with Crippen molar-refractivity contribution in [2.24, 2.45) is 5.64 Å². The van der Waals surface area contributed by atoms with Gasteiger partial charge in [-0.15, -0.1) is 0 Å². The van der Waals surface area contributed by atoms with Crippen molar-refractivity contribution in [1.82, 2.24) is 0 Å². The number of hydrogen-bond donors (Lipinski definition) is 1. The van der Waals surface area contributed by atoms with Crippen LogP contribution < -0.4 is 11.1 Å². The molecule has 2 aromatic carbocycles. The van der Waals surface area contributed by atoms with Gasteiger partial charge >= 0.3 is 7.05 Å². The van der Waals surface area contributed by atoms with Gasteiger partial charge in [-0.1, -0.05) is 30.3 Å². The summed E-state index contributed by atoms with van der Waals surface area (Å²) < 4.78 is 5.37. The Hall–Kier alpha value is -1.32. The fourth-order valence-electron chi connectivity index (χ4n) is 1.96. The number of rotatable bonds is 0. The smallest absolute Gasteiger partial charge is 0.413 e. The molecule has 1 heterocycles. The van der Waals surface area contributed by atoms with E-state index in [1.807, 2.05) is 12.1 Å². The summed E-state index contributed by atoms with van der Waals surface area (Å²) in [5, 5.41) is 2.48. The lowest BCUT2D eigenvalue weighted by Crippen LogP contribution is -2.38. The van der Waals surface area contributed by atoms with Gasteiger partial charge in [0.25, 0.3) is 0 Å². The van der Waals surface area contributed by atoms with Gasteiger partial charge in [-0.3, -0.25) is 0 Å². The van der Waals surface area contributed by atoms with Crippen molar-refractivity contribution in [3.05, 3.63) is 42.0 Å². The van der Waals surface area contributed by atoms with E-state index in [-0.39, 0.29) is 7.05 Å². The summed E-state index contributed by atoms with van der Waals surface area (Å²) in [4.78, 5) is 0. The molecule has 1 aliphatic rings. The number of nitrogens with two attached hydrogens (primary N) is 1. The van der Waals surface area contributed by atoms with Crippen LogP contribution in [0.25, 0.3) is 10.8 Å². The number of benzene rings is 2. The normalized spacial score (nSPS) is 14.8. The highest BCUT2D eigenvalue weighted by Gasteiger charge is 2.24. The van der Waals surface area contributed by atoms with Crippen molar-refractivity contribution < 1.29 is 4.65 Å². The van der Waals surface area contributed by atoms with Crippen LogP contribution in [0.4, 0.5) is 0 Å². The van der Waals surface area contributed by atoms with Crippen LogP contribution in [0.3, 0.4) is 0 Å². The third-order valence-corrected chi connectivity index (χ3v) is 2.73. The standard InChI is InChI=1S/C11H10BNO/c13-12-11-6-9-4-2-1-3-8(9)5-10(11)7-14-12/h1-6H,7,13H2. The lowest BCUT2D eigenvalue weighted by molar-refractivity contribution is 0.331. The van der Waals surface area contributed by atoms with Gasteiger partial charge in [0.1, 0.15) is 0 Å². The molecule has 2 nitrogen and oxygen atoms in total. The predicted octanol–water partition coefficient (Wildman–Crippen LogP) is 1.02. The van der Waals surface area contributed by atoms with Crippen LogP contribution in [-0.4, -0.2) is 7.05 Å². The largest absolute Gasteiger partial charge is 0.414 e. The molecule has 3 heteroatoms. The zero-order valence-electron chi connectivity index (χ0n) is 7.73. The molecule has 0 bridgehead atoms. The van der Waals surface area contributed by atoms with E-state index in [2.05, 4.69) is 24.3 Å². The molecule has 68 valence electrons. The molecular weight excluding hydrogens is 173 g/mol. The average Bonchev–Trinajstić information content (AvgIpc) is 2.57. The van der Waals surface area contributed by atoms with Crippen LogP contribution in [0.1, 0.15) is 5.56 Å². The van der Waals surface area contributed by atoms with Crippen molar-refractivity contribution in [1.29, 1.82) is 0 Å². The summed E-state index contributed by atoms with van der Waals surface area (Å²) in [6, 6.07) is 12.6.